The number of nitrogens with one attached hydrogen (secondary N) is 3. The van der Waals surface area contributed by atoms with Crippen molar-refractivity contribution >= 4 is 11.8 Å². The molecule has 74 valence electrons. The summed E-state index contributed by atoms with van der Waals surface area (Å²) in [4.78, 5) is 21.7. The van der Waals surface area contributed by atoms with E-state index in [2.05, 4.69) is 27.4 Å². The summed E-state index contributed by atoms with van der Waals surface area (Å²) in [6, 6.07) is 2.28. The number of carbonyl (C=O) groups excluding carboxylic acids is 1. The highest BCUT2D eigenvalue weighted by Crippen LogP contribution is 1.94. The molecule has 1 heterocycles. The highest BCUT2D eigenvalue weighted by atomic mass is 16.2. The van der Waals surface area contributed by atoms with Gasteiger partial charge in [0.05, 0.1) is 0 Å². The molecule has 0 aliphatic rings. The lowest BCUT2D eigenvalue weighted by atomic mass is 10.5. The van der Waals surface area contributed by atoms with Crippen LogP contribution in [0.15, 0.2) is 29.6 Å². The van der Waals surface area contributed by atoms with Crippen molar-refractivity contribution in [2.45, 2.75) is 0 Å². The summed E-state index contributed by atoms with van der Waals surface area (Å²) < 4.78 is 0. The summed E-state index contributed by atoms with van der Waals surface area (Å²) in [5, 5.41) is 10.7. The zero-order valence-electron chi connectivity index (χ0n) is 7.41. The molecule has 6 heteroatoms. The van der Waals surface area contributed by atoms with Crippen molar-refractivity contribution in [3.8, 4) is 0 Å². The molecular weight excluding hydrogens is 184 g/mol. The molecule has 0 aliphatic heterocycles. The minimum atomic E-state index is -0.399. The van der Waals surface area contributed by atoms with E-state index in [1.165, 1.54) is 12.1 Å². The van der Waals surface area contributed by atoms with Gasteiger partial charge in [-0.2, -0.15) is 5.10 Å². The van der Waals surface area contributed by atoms with Gasteiger partial charge in [-0.25, -0.2) is 9.89 Å². The molecule has 14 heavy (non-hydrogen) atoms. The standard InChI is InChI=1S/C8H10N4O2/c1-2-5-9-8(14)10-6-3-4-7(13)12-11-6/h2-4H,1,5H2,(H,12,13)(H2,9,10,11,14). The quantitative estimate of drug-likeness (QED) is 0.595. The zero-order valence-corrected chi connectivity index (χ0v) is 7.41. The van der Waals surface area contributed by atoms with Crippen LogP contribution in [0.5, 0.6) is 0 Å². The Bertz CT molecular complexity index is 365. The van der Waals surface area contributed by atoms with Gasteiger partial charge in [0.1, 0.15) is 0 Å². The van der Waals surface area contributed by atoms with Crippen LogP contribution < -0.4 is 16.2 Å². The molecule has 0 atom stereocenters. The van der Waals surface area contributed by atoms with Gasteiger partial charge in [-0.1, -0.05) is 6.08 Å². The van der Waals surface area contributed by atoms with Crippen LogP contribution in [0.1, 0.15) is 0 Å². The van der Waals surface area contributed by atoms with E-state index in [9.17, 15) is 9.59 Å². The third-order valence-electron chi connectivity index (χ3n) is 1.33. The van der Waals surface area contributed by atoms with Gasteiger partial charge >= 0.3 is 6.03 Å². The number of hydrogen-bond donors (Lipinski definition) is 3. The molecule has 1 aromatic heterocycles. The second kappa shape index (κ2) is 4.80. The number of H-pyrrole nitrogens is 1. The summed E-state index contributed by atoms with van der Waals surface area (Å²) in [6.07, 6.45) is 1.56. The van der Waals surface area contributed by atoms with Crippen molar-refractivity contribution in [3.63, 3.8) is 0 Å². The van der Waals surface area contributed by atoms with Crippen LogP contribution in [0.25, 0.3) is 0 Å². The molecule has 0 fully saturated rings. The Labute approximate surface area is 80.0 Å². The first-order chi connectivity index (χ1) is 6.72. The summed E-state index contributed by atoms with van der Waals surface area (Å²) in [6.45, 7) is 3.82. The second-order valence-corrected chi connectivity index (χ2v) is 2.43. The number of anilines is 1. The molecule has 0 spiro atoms. The van der Waals surface area contributed by atoms with E-state index in [-0.39, 0.29) is 11.4 Å². The molecule has 0 radical (unpaired) electrons. The highest BCUT2D eigenvalue weighted by molar-refractivity contribution is 5.88. The second-order valence-electron chi connectivity index (χ2n) is 2.43. The van der Waals surface area contributed by atoms with E-state index >= 15 is 0 Å². The Morgan fingerprint density at radius 3 is 3.00 bits per heavy atom. The van der Waals surface area contributed by atoms with Crippen LogP contribution in [0.3, 0.4) is 0 Å². The predicted molar refractivity (Wildman–Crippen MR) is 52.1 cm³/mol. The van der Waals surface area contributed by atoms with E-state index in [0.29, 0.717) is 6.54 Å². The number of urea groups is 1. The van der Waals surface area contributed by atoms with Crippen LogP contribution >= 0.6 is 0 Å². The SMILES string of the molecule is C=CCNC(=O)Nc1ccc(=O)[nH]n1. The Kier molecular flexibility index (Phi) is 3.42. The van der Waals surface area contributed by atoms with E-state index < -0.39 is 6.03 Å². The fraction of sp³-hybridized carbons (Fsp3) is 0.125. The smallest absolute Gasteiger partial charge is 0.320 e. The van der Waals surface area contributed by atoms with Crippen molar-refractivity contribution in [1.29, 1.82) is 0 Å². The van der Waals surface area contributed by atoms with Crippen molar-refractivity contribution in [3.05, 3.63) is 35.1 Å². The number of nitrogens with zero attached hydrogens (tertiary/aromatic N) is 1. The maximum atomic E-state index is 11.1. The van der Waals surface area contributed by atoms with Crippen molar-refractivity contribution in [2.75, 3.05) is 11.9 Å². The Balaban J connectivity index is 2.52. The van der Waals surface area contributed by atoms with Crippen molar-refractivity contribution in [2.24, 2.45) is 0 Å². The highest BCUT2D eigenvalue weighted by Gasteiger charge is 1.99. The van der Waals surface area contributed by atoms with Gasteiger partial charge in [-0.3, -0.25) is 10.1 Å². The average molecular weight is 194 g/mol. The fourth-order valence-electron chi connectivity index (χ4n) is 0.739. The average Bonchev–Trinajstić information content (AvgIpc) is 2.18. The molecule has 0 saturated heterocycles. The normalized spacial score (nSPS) is 9.14. The largest absolute Gasteiger partial charge is 0.334 e. The van der Waals surface area contributed by atoms with Crippen LogP contribution in [0.2, 0.25) is 0 Å². The summed E-state index contributed by atoms with van der Waals surface area (Å²) >= 11 is 0. The minimum absolute atomic E-state index is 0.283. The number of rotatable bonds is 3. The van der Waals surface area contributed by atoms with E-state index in [1.54, 1.807) is 6.08 Å². The maximum Gasteiger partial charge on any atom is 0.320 e. The lowest BCUT2D eigenvalue weighted by Gasteiger charge is -2.03. The molecule has 0 bridgehead atoms. The Morgan fingerprint density at radius 1 is 1.64 bits per heavy atom. The van der Waals surface area contributed by atoms with Gasteiger partial charge in [-0.15, -0.1) is 6.58 Å². The topological polar surface area (TPSA) is 86.9 Å². The van der Waals surface area contributed by atoms with Gasteiger partial charge in [0.2, 0.25) is 0 Å². The first-order valence-electron chi connectivity index (χ1n) is 3.94. The van der Waals surface area contributed by atoms with Crippen LogP contribution in [-0.2, 0) is 0 Å². The number of carbonyl (C=O) groups is 1. The summed E-state index contributed by atoms with van der Waals surface area (Å²) in [7, 11) is 0. The third-order valence-corrected chi connectivity index (χ3v) is 1.33. The monoisotopic (exact) mass is 194 g/mol. The molecule has 2 amide bonds. The molecule has 1 aromatic rings. The summed E-state index contributed by atoms with van der Waals surface area (Å²) in [5.74, 6) is 0.283. The summed E-state index contributed by atoms with van der Waals surface area (Å²) in [5.41, 5.74) is -0.318. The maximum absolute atomic E-state index is 11.1. The fourth-order valence-corrected chi connectivity index (χ4v) is 0.739. The number of aromatic amines is 1. The van der Waals surface area contributed by atoms with Crippen LogP contribution in [-0.4, -0.2) is 22.8 Å². The Hall–Kier alpha value is -2.11. The van der Waals surface area contributed by atoms with Crippen molar-refractivity contribution in [1.82, 2.24) is 15.5 Å². The molecule has 0 aliphatic carbocycles. The molecule has 1 rings (SSSR count). The van der Waals surface area contributed by atoms with Crippen molar-refractivity contribution < 1.29 is 4.79 Å². The van der Waals surface area contributed by atoms with Gasteiger partial charge in [-0.05, 0) is 6.07 Å². The molecule has 0 saturated carbocycles. The predicted octanol–water partition coefficient (Wildman–Crippen LogP) is 0.0774. The van der Waals surface area contributed by atoms with Gasteiger partial charge in [0, 0.05) is 12.6 Å². The Morgan fingerprint density at radius 2 is 2.43 bits per heavy atom. The van der Waals surface area contributed by atoms with E-state index in [0.717, 1.165) is 0 Å². The molecule has 6 nitrogen and oxygen atoms in total. The molecule has 3 N–H and O–H groups in total. The van der Waals surface area contributed by atoms with Gasteiger partial charge < -0.3 is 5.32 Å². The minimum Gasteiger partial charge on any atom is -0.334 e. The number of amides is 2. The first kappa shape index (κ1) is 9.97. The lowest BCUT2D eigenvalue weighted by molar-refractivity contribution is 0.253. The van der Waals surface area contributed by atoms with E-state index in [4.69, 9.17) is 0 Å². The molecule has 0 aromatic carbocycles. The van der Waals surface area contributed by atoms with E-state index in [1.807, 2.05) is 0 Å². The molecule has 0 unspecified atom stereocenters. The van der Waals surface area contributed by atoms with Gasteiger partial charge in [0.25, 0.3) is 5.56 Å². The zero-order chi connectivity index (χ0) is 10.4. The number of aromatic nitrogens is 2. The van der Waals surface area contributed by atoms with Crippen LogP contribution in [0, 0.1) is 0 Å². The third kappa shape index (κ3) is 3.10. The number of hydrogen-bond acceptors (Lipinski definition) is 3. The van der Waals surface area contributed by atoms with Crippen LogP contribution in [0.4, 0.5) is 10.6 Å². The first-order valence-corrected chi connectivity index (χ1v) is 3.94. The molecular formula is C8H10N4O2. The lowest BCUT2D eigenvalue weighted by Crippen LogP contribution is -2.29. The van der Waals surface area contributed by atoms with Gasteiger partial charge in [0.15, 0.2) is 5.82 Å².